The Balaban J connectivity index is 2.28. The fourth-order valence-corrected chi connectivity index (χ4v) is 2.40. The van der Waals surface area contributed by atoms with Gasteiger partial charge in [0.05, 0.1) is 5.69 Å². The summed E-state index contributed by atoms with van der Waals surface area (Å²) in [7, 11) is 1.80. The fourth-order valence-electron chi connectivity index (χ4n) is 2.40. The van der Waals surface area contributed by atoms with Crippen molar-refractivity contribution in [2.24, 2.45) is 11.7 Å². The third-order valence-corrected chi connectivity index (χ3v) is 3.33. The zero-order chi connectivity index (χ0) is 14.0. The van der Waals surface area contributed by atoms with E-state index in [0.717, 1.165) is 17.9 Å². The van der Waals surface area contributed by atoms with Crippen molar-refractivity contribution in [3.8, 4) is 5.75 Å². The maximum absolute atomic E-state index is 12.2. The molecule has 4 nitrogen and oxygen atoms in total. The quantitative estimate of drug-likeness (QED) is 0.902. The second kappa shape index (κ2) is 5.61. The first-order chi connectivity index (χ1) is 9.02. The summed E-state index contributed by atoms with van der Waals surface area (Å²) >= 11 is 0. The first-order valence-electron chi connectivity index (χ1n) is 6.80. The van der Waals surface area contributed by atoms with Crippen LogP contribution in [0.15, 0.2) is 18.2 Å². The van der Waals surface area contributed by atoms with Crippen LogP contribution < -0.4 is 15.4 Å². The van der Waals surface area contributed by atoms with Gasteiger partial charge in [0, 0.05) is 13.5 Å². The molecular weight excluding hydrogens is 240 g/mol. The topological polar surface area (TPSA) is 55.6 Å². The number of fused-ring (bicyclic) bond motifs is 1. The van der Waals surface area contributed by atoms with Gasteiger partial charge in [0.15, 0.2) is 6.10 Å². The minimum absolute atomic E-state index is 0.0142. The molecule has 1 atom stereocenters. The number of carbonyl (C=O) groups is 1. The highest BCUT2D eigenvalue weighted by atomic mass is 16.5. The average Bonchev–Trinajstić information content (AvgIpc) is 2.36. The Bertz CT molecular complexity index is 471. The van der Waals surface area contributed by atoms with Gasteiger partial charge >= 0.3 is 0 Å². The van der Waals surface area contributed by atoms with Crippen LogP contribution in [0.1, 0.15) is 25.8 Å². The van der Waals surface area contributed by atoms with Crippen molar-refractivity contribution in [2.75, 3.05) is 18.5 Å². The first-order valence-corrected chi connectivity index (χ1v) is 6.80. The number of ether oxygens (including phenoxy) is 1. The summed E-state index contributed by atoms with van der Waals surface area (Å²) in [6, 6.07) is 6.08. The number of nitrogens with zero attached hydrogens (tertiary/aromatic N) is 1. The van der Waals surface area contributed by atoms with E-state index in [4.69, 9.17) is 10.5 Å². The lowest BCUT2D eigenvalue weighted by Crippen LogP contribution is -2.44. The van der Waals surface area contributed by atoms with Crippen molar-refractivity contribution in [3.05, 3.63) is 23.8 Å². The van der Waals surface area contributed by atoms with Crippen LogP contribution in [0.25, 0.3) is 0 Å². The maximum Gasteiger partial charge on any atom is 0.267 e. The standard InChI is InChI=1S/C15H22N2O2/c1-10(2)8-11-4-5-13-12(9-11)17(3)15(18)14(19-13)6-7-16/h4-5,9-10,14H,6-8,16H2,1-3H3. The van der Waals surface area contributed by atoms with Crippen LogP contribution in [0.5, 0.6) is 5.75 Å². The van der Waals surface area contributed by atoms with E-state index in [1.807, 2.05) is 12.1 Å². The molecule has 19 heavy (non-hydrogen) atoms. The Morgan fingerprint density at radius 3 is 2.79 bits per heavy atom. The summed E-state index contributed by atoms with van der Waals surface area (Å²) < 4.78 is 5.74. The predicted octanol–water partition coefficient (Wildman–Crippen LogP) is 1.96. The number of nitrogens with two attached hydrogens (primary N) is 1. The van der Waals surface area contributed by atoms with Crippen molar-refractivity contribution in [1.29, 1.82) is 0 Å². The Morgan fingerprint density at radius 1 is 1.42 bits per heavy atom. The van der Waals surface area contributed by atoms with Gasteiger partial charge in [-0.15, -0.1) is 0 Å². The average molecular weight is 262 g/mol. The van der Waals surface area contributed by atoms with Gasteiger partial charge in [0.1, 0.15) is 5.75 Å². The van der Waals surface area contributed by atoms with E-state index in [9.17, 15) is 4.79 Å². The first kappa shape index (κ1) is 13.9. The number of hydrogen-bond donors (Lipinski definition) is 1. The largest absolute Gasteiger partial charge is 0.478 e. The smallest absolute Gasteiger partial charge is 0.267 e. The van der Waals surface area contributed by atoms with E-state index in [-0.39, 0.29) is 5.91 Å². The highest BCUT2D eigenvalue weighted by Gasteiger charge is 2.31. The lowest BCUT2D eigenvalue weighted by atomic mass is 10.0. The molecule has 0 aromatic heterocycles. The van der Waals surface area contributed by atoms with E-state index in [0.29, 0.717) is 18.9 Å². The molecule has 0 saturated carbocycles. The van der Waals surface area contributed by atoms with Gasteiger partial charge in [0.2, 0.25) is 0 Å². The molecule has 1 aromatic rings. The van der Waals surface area contributed by atoms with Crippen molar-refractivity contribution in [3.63, 3.8) is 0 Å². The highest BCUT2D eigenvalue weighted by molar-refractivity contribution is 5.99. The van der Waals surface area contributed by atoms with E-state index >= 15 is 0 Å². The SMILES string of the molecule is CC(C)Cc1ccc2c(c1)N(C)C(=O)C(CCN)O2. The lowest BCUT2D eigenvalue weighted by Gasteiger charge is -2.32. The zero-order valence-electron chi connectivity index (χ0n) is 11.8. The van der Waals surface area contributed by atoms with Crippen molar-refractivity contribution in [1.82, 2.24) is 0 Å². The number of rotatable bonds is 4. The molecule has 1 unspecified atom stereocenters. The molecule has 0 bridgehead atoms. The molecule has 0 saturated heterocycles. The number of hydrogen-bond acceptors (Lipinski definition) is 3. The van der Waals surface area contributed by atoms with Crippen LogP contribution in [0.4, 0.5) is 5.69 Å². The summed E-state index contributed by atoms with van der Waals surface area (Å²) in [5.41, 5.74) is 7.60. The molecule has 2 N–H and O–H groups in total. The second-order valence-electron chi connectivity index (χ2n) is 5.48. The van der Waals surface area contributed by atoms with Crippen LogP contribution in [0.2, 0.25) is 0 Å². The van der Waals surface area contributed by atoms with Crippen molar-refractivity contribution >= 4 is 11.6 Å². The number of likely N-dealkylation sites (N-methyl/N-ethyl adjacent to an activating group) is 1. The van der Waals surface area contributed by atoms with Gasteiger partial charge in [-0.3, -0.25) is 4.79 Å². The van der Waals surface area contributed by atoms with E-state index in [1.165, 1.54) is 5.56 Å². The van der Waals surface area contributed by atoms with Crippen LogP contribution in [-0.2, 0) is 11.2 Å². The maximum atomic E-state index is 12.2. The second-order valence-corrected chi connectivity index (χ2v) is 5.48. The van der Waals surface area contributed by atoms with E-state index in [2.05, 4.69) is 19.9 Å². The van der Waals surface area contributed by atoms with Gasteiger partial charge in [0.25, 0.3) is 5.91 Å². The molecule has 0 radical (unpaired) electrons. The van der Waals surface area contributed by atoms with E-state index in [1.54, 1.807) is 11.9 Å². The van der Waals surface area contributed by atoms with Crippen molar-refractivity contribution < 1.29 is 9.53 Å². The Kier molecular flexibility index (Phi) is 4.10. The third kappa shape index (κ3) is 2.89. The molecule has 2 rings (SSSR count). The summed E-state index contributed by atoms with van der Waals surface area (Å²) in [5.74, 6) is 1.35. The molecule has 1 aliphatic heterocycles. The van der Waals surface area contributed by atoms with Gasteiger partial charge < -0.3 is 15.4 Å². The molecule has 1 amide bonds. The number of carbonyl (C=O) groups excluding carboxylic acids is 1. The molecule has 0 aliphatic carbocycles. The Hall–Kier alpha value is -1.55. The summed E-state index contributed by atoms with van der Waals surface area (Å²) in [5, 5.41) is 0. The Labute approximate surface area is 114 Å². The van der Waals surface area contributed by atoms with Crippen LogP contribution >= 0.6 is 0 Å². The summed E-state index contributed by atoms with van der Waals surface area (Å²) in [4.78, 5) is 13.8. The van der Waals surface area contributed by atoms with Gasteiger partial charge in [-0.1, -0.05) is 19.9 Å². The molecule has 0 fully saturated rings. The summed E-state index contributed by atoms with van der Waals surface area (Å²) in [6.45, 7) is 4.81. The predicted molar refractivity (Wildman–Crippen MR) is 76.5 cm³/mol. The van der Waals surface area contributed by atoms with Crippen LogP contribution in [0.3, 0.4) is 0 Å². The molecule has 4 heteroatoms. The molecule has 1 aromatic carbocycles. The number of amides is 1. The highest BCUT2D eigenvalue weighted by Crippen LogP contribution is 2.35. The van der Waals surface area contributed by atoms with Gasteiger partial charge in [-0.25, -0.2) is 0 Å². The third-order valence-electron chi connectivity index (χ3n) is 3.33. The lowest BCUT2D eigenvalue weighted by molar-refractivity contribution is -0.126. The monoisotopic (exact) mass is 262 g/mol. The number of anilines is 1. The van der Waals surface area contributed by atoms with Crippen LogP contribution in [-0.4, -0.2) is 25.6 Å². The Morgan fingerprint density at radius 2 is 2.16 bits per heavy atom. The minimum Gasteiger partial charge on any atom is -0.478 e. The molecule has 1 heterocycles. The molecular formula is C15H22N2O2. The molecule has 1 aliphatic rings. The van der Waals surface area contributed by atoms with Gasteiger partial charge in [-0.05, 0) is 36.6 Å². The summed E-state index contributed by atoms with van der Waals surface area (Å²) in [6.07, 6.45) is 1.11. The van der Waals surface area contributed by atoms with E-state index < -0.39 is 6.10 Å². The van der Waals surface area contributed by atoms with Crippen molar-refractivity contribution in [2.45, 2.75) is 32.8 Å². The normalized spacial score (nSPS) is 18.5. The van der Waals surface area contributed by atoms with Gasteiger partial charge in [-0.2, -0.15) is 0 Å². The number of benzene rings is 1. The molecule has 104 valence electrons. The fraction of sp³-hybridized carbons (Fsp3) is 0.533. The minimum atomic E-state index is -0.446. The molecule has 0 spiro atoms. The van der Waals surface area contributed by atoms with Crippen LogP contribution in [0, 0.1) is 5.92 Å². The zero-order valence-corrected chi connectivity index (χ0v) is 11.8.